The van der Waals surface area contributed by atoms with Gasteiger partial charge in [-0.25, -0.2) is 28.4 Å². The number of fused-ring (bicyclic) bond motifs is 2. The minimum absolute atomic E-state index is 0.0227. The summed E-state index contributed by atoms with van der Waals surface area (Å²) in [7, 11) is 0. The van der Waals surface area contributed by atoms with Crippen molar-refractivity contribution < 1.29 is 22.0 Å². The highest BCUT2D eigenvalue weighted by Gasteiger charge is 2.43. The standard InChI is InChI=1S/C19H18F5N7/c20-15(21)10-31-18-12(6-26-31)25-7-17(28-18)30-5-4-11-8-29(9-13(11)30)16-3-1-2-14(27-16)19(22,23)24/h1-3,6-7,11,13,15H,4-5,8-10H2/t11-,13+/m1/s1. The second kappa shape index (κ2) is 7.27. The second-order valence-corrected chi connectivity index (χ2v) is 7.75. The van der Waals surface area contributed by atoms with E-state index >= 15 is 0 Å². The van der Waals surface area contributed by atoms with Crippen molar-refractivity contribution in [3.8, 4) is 0 Å². The maximum absolute atomic E-state index is 13.0. The number of aromatic nitrogens is 5. The van der Waals surface area contributed by atoms with Crippen LogP contribution in [0.25, 0.3) is 11.2 Å². The van der Waals surface area contributed by atoms with Gasteiger partial charge >= 0.3 is 6.18 Å². The molecule has 0 unspecified atom stereocenters. The Balaban J connectivity index is 1.39. The molecule has 2 aliphatic heterocycles. The zero-order valence-corrected chi connectivity index (χ0v) is 16.2. The molecule has 31 heavy (non-hydrogen) atoms. The number of pyridine rings is 1. The fraction of sp³-hybridized carbons (Fsp3) is 0.474. The quantitative estimate of drug-likeness (QED) is 0.582. The molecular weight excluding hydrogens is 421 g/mol. The van der Waals surface area contributed by atoms with Crippen LogP contribution in [0.4, 0.5) is 33.6 Å². The number of rotatable bonds is 4. The average molecular weight is 439 g/mol. The van der Waals surface area contributed by atoms with Gasteiger partial charge in [-0.05, 0) is 18.6 Å². The molecule has 0 N–H and O–H groups in total. The lowest BCUT2D eigenvalue weighted by molar-refractivity contribution is -0.141. The lowest BCUT2D eigenvalue weighted by atomic mass is 10.1. The average Bonchev–Trinajstić information content (AvgIpc) is 3.41. The summed E-state index contributed by atoms with van der Waals surface area (Å²) >= 11 is 0. The van der Waals surface area contributed by atoms with Gasteiger partial charge in [-0.3, -0.25) is 0 Å². The summed E-state index contributed by atoms with van der Waals surface area (Å²) in [5.74, 6) is 1.08. The van der Waals surface area contributed by atoms with Crippen molar-refractivity contribution in [2.75, 3.05) is 29.4 Å². The molecule has 0 aromatic carbocycles. The summed E-state index contributed by atoms with van der Waals surface area (Å²) in [6.07, 6.45) is -3.23. The highest BCUT2D eigenvalue weighted by molar-refractivity contribution is 5.71. The first-order valence-corrected chi connectivity index (χ1v) is 9.82. The number of halogens is 5. The van der Waals surface area contributed by atoms with Crippen LogP contribution in [-0.4, -0.2) is 56.8 Å². The van der Waals surface area contributed by atoms with Crippen LogP contribution in [0.3, 0.4) is 0 Å². The zero-order chi connectivity index (χ0) is 21.8. The van der Waals surface area contributed by atoms with Crippen LogP contribution in [0, 0.1) is 5.92 Å². The Bertz CT molecular complexity index is 1100. The molecule has 2 saturated heterocycles. The lowest BCUT2D eigenvalue weighted by Gasteiger charge is -2.26. The van der Waals surface area contributed by atoms with Crippen molar-refractivity contribution in [2.24, 2.45) is 5.92 Å². The molecule has 0 spiro atoms. The van der Waals surface area contributed by atoms with E-state index in [2.05, 4.69) is 20.1 Å². The number of hydrogen-bond donors (Lipinski definition) is 0. The molecule has 5 heterocycles. The largest absolute Gasteiger partial charge is 0.433 e. The van der Waals surface area contributed by atoms with Crippen molar-refractivity contribution in [3.63, 3.8) is 0 Å². The van der Waals surface area contributed by atoms with Crippen LogP contribution in [0.2, 0.25) is 0 Å². The maximum atomic E-state index is 13.0. The summed E-state index contributed by atoms with van der Waals surface area (Å²) < 4.78 is 65.8. The van der Waals surface area contributed by atoms with E-state index in [4.69, 9.17) is 0 Å². The Kier molecular flexibility index (Phi) is 4.67. The third kappa shape index (κ3) is 3.63. The molecule has 2 fully saturated rings. The van der Waals surface area contributed by atoms with Crippen LogP contribution in [0.1, 0.15) is 12.1 Å². The van der Waals surface area contributed by atoms with Crippen LogP contribution < -0.4 is 9.80 Å². The maximum Gasteiger partial charge on any atom is 0.433 e. The number of alkyl halides is 5. The Morgan fingerprint density at radius 1 is 1.06 bits per heavy atom. The molecule has 7 nitrogen and oxygen atoms in total. The van der Waals surface area contributed by atoms with Crippen molar-refractivity contribution in [1.29, 1.82) is 0 Å². The van der Waals surface area contributed by atoms with Gasteiger partial charge in [-0.2, -0.15) is 18.3 Å². The number of hydrogen-bond acceptors (Lipinski definition) is 6. The van der Waals surface area contributed by atoms with Gasteiger partial charge in [0, 0.05) is 25.6 Å². The molecule has 2 atom stereocenters. The predicted molar refractivity (Wildman–Crippen MR) is 102 cm³/mol. The normalized spacial score (nSPS) is 21.5. The SMILES string of the molecule is FC(F)Cn1ncc2ncc(N3CC[C@@H]4CN(c5cccc(C(F)(F)F)n5)C[C@@H]43)nc21. The third-order valence-corrected chi connectivity index (χ3v) is 5.83. The van der Waals surface area contributed by atoms with E-state index in [1.165, 1.54) is 12.3 Å². The minimum atomic E-state index is -4.50. The first kappa shape index (κ1) is 19.9. The molecule has 0 saturated carbocycles. The van der Waals surface area contributed by atoms with Gasteiger partial charge in [0.1, 0.15) is 29.4 Å². The molecule has 3 aromatic heterocycles. The van der Waals surface area contributed by atoms with E-state index in [1.807, 2.05) is 9.80 Å². The summed E-state index contributed by atoms with van der Waals surface area (Å²) in [4.78, 5) is 16.5. The topological polar surface area (TPSA) is 63.0 Å². The molecule has 2 aliphatic rings. The number of nitrogens with zero attached hydrogens (tertiary/aromatic N) is 7. The zero-order valence-electron chi connectivity index (χ0n) is 16.2. The Morgan fingerprint density at radius 3 is 2.68 bits per heavy atom. The van der Waals surface area contributed by atoms with Crippen molar-refractivity contribution in [3.05, 3.63) is 36.3 Å². The van der Waals surface area contributed by atoms with Gasteiger partial charge in [0.05, 0.1) is 18.4 Å². The van der Waals surface area contributed by atoms with Crippen LogP contribution in [0.15, 0.2) is 30.6 Å². The molecule has 0 aliphatic carbocycles. The fourth-order valence-electron chi connectivity index (χ4n) is 4.43. The fourth-order valence-corrected chi connectivity index (χ4v) is 4.43. The lowest BCUT2D eigenvalue weighted by Crippen LogP contribution is -2.36. The molecule has 0 radical (unpaired) electrons. The van der Waals surface area contributed by atoms with Gasteiger partial charge in [0.25, 0.3) is 6.43 Å². The van der Waals surface area contributed by atoms with Crippen LogP contribution in [-0.2, 0) is 12.7 Å². The second-order valence-electron chi connectivity index (χ2n) is 7.75. The van der Waals surface area contributed by atoms with E-state index in [0.717, 1.165) is 17.2 Å². The Labute approximate surface area is 173 Å². The predicted octanol–water partition coefficient (Wildman–Crippen LogP) is 3.22. The van der Waals surface area contributed by atoms with E-state index < -0.39 is 24.8 Å². The monoisotopic (exact) mass is 439 g/mol. The Hall–Kier alpha value is -3.05. The molecule has 5 rings (SSSR count). The minimum Gasteiger partial charge on any atom is -0.354 e. The van der Waals surface area contributed by atoms with Crippen LogP contribution in [0.5, 0.6) is 0 Å². The highest BCUT2D eigenvalue weighted by Crippen LogP contribution is 2.37. The van der Waals surface area contributed by atoms with Gasteiger partial charge in [-0.15, -0.1) is 0 Å². The first-order chi connectivity index (χ1) is 14.8. The summed E-state index contributed by atoms with van der Waals surface area (Å²) in [6, 6.07) is 3.92. The highest BCUT2D eigenvalue weighted by atomic mass is 19.4. The van der Waals surface area contributed by atoms with E-state index in [0.29, 0.717) is 36.8 Å². The smallest absolute Gasteiger partial charge is 0.354 e. The molecule has 0 bridgehead atoms. The van der Waals surface area contributed by atoms with E-state index in [9.17, 15) is 22.0 Å². The molecular formula is C19H18F5N7. The summed E-state index contributed by atoms with van der Waals surface area (Å²) in [6.45, 7) is 1.23. The van der Waals surface area contributed by atoms with Gasteiger partial charge in [0.15, 0.2) is 5.65 Å². The van der Waals surface area contributed by atoms with Gasteiger partial charge in [-0.1, -0.05) is 6.07 Å². The van der Waals surface area contributed by atoms with E-state index in [1.54, 1.807) is 12.3 Å². The van der Waals surface area contributed by atoms with Crippen molar-refractivity contribution >= 4 is 22.8 Å². The first-order valence-electron chi connectivity index (χ1n) is 9.82. The van der Waals surface area contributed by atoms with Crippen molar-refractivity contribution in [1.82, 2.24) is 24.7 Å². The Morgan fingerprint density at radius 2 is 1.90 bits per heavy atom. The molecule has 3 aromatic rings. The molecule has 12 heteroatoms. The summed E-state index contributed by atoms with van der Waals surface area (Å²) in [5.41, 5.74) is -0.195. The summed E-state index contributed by atoms with van der Waals surface area (Å²) in [5, 5.41) is 3.93. The van der Waals surface area contributed by atoms with Gasteiger partial charge < -0.3 is 9.80 Å². The third-order valence-electron chi connectivity index (χ3n) is 5.83. The molecule has 164 valence electrons. The van der Waals surface area contributed by atoms with Gasteiger partial charge in [0.2, 0.25) is 0 Å². The van der Waals surface area contributed by atoms with E-state index in [-0.39, 0.29) is 17.6 Å². The molecule has 0 amide bonds. The number of anilines is 2. The van der Waals surface area contributed by atoms with Crippen LogP contribution >= 0.6 is 0 Å². The van der Waals surface area contributed by atoms with Crippen molar-refractivity contribution in [2.45, 2.75) is 31.6 Å².